The van der Waals surface area contributed by atoms with E-state index in [2.05, 4.69) is 25.9 Å². The Morgan fingerprint density at radius 3 is 2.55 bits per heavy atom. The molecule has 194 valence electrons. The van der Waals surface area contributed by atoms with Crippen LogP contribution in [-0.2, 0) is 6.54 Å². The first-order valence-electron chi connectivity index (χ1n) is 12.6. The molecule has 7 nitrogen and oxygen atoms in total. The van der Waals surface area contributed by atoms with Gasteiger partial charge < -0.3 is 16.0 Å². The summed E-state index contributed by atoms with van der Waals surface area (Å²) in [6.07, 6.45) is 8.45. The van der Waals surface area contributed by atoms with Gasteiger partial charge in [0.25, 0.3) is 5.91 Å². The number of aromatic nitrogens is 3. The average molecular weight is 531 g/mol. The molecule has 0 aliphatic heterocycles. The van der Waals surface area contributed by atoms with Crippen molar-refractivity contribution in [3.05, 3.63) is 101 Å². The van der Waals surface area contributed by atoms with Crippen LogP contribution in [0.25, 0.3) is 11.3 Å². The Kier molecular flexibility index (Phi) is 8.09. The van der Waals surface area contributed by atoms with Crippen LogP contribution in [-0.4, -0.2) is 32.9 Å². The van der Waals surface area contributed by atoms with E-state index in [4.69, 9.17) is 16.6 Å². The van der Waals surface area contributed by atoms with E-state index in [9.17, 15) is 9.18 Å². The second-order valence-corrected chi connectivity index (χ2v) is 9.76. The first-order chi connectivity index (χ1) is 18.5. The molecule has 1 amide bonds. The van der Waals surface area contributed by atoms with Crippen molar-refractivity contribution in [1.29, 1.82) is 0 Å². The lowest BCUT2D eigenvalue weighted by Crippen LogP contribution is -2.40. The molecule has 0 atom stereocenters. The number of carbonyl (C=O) groups excluding carboxylic acids is 1. The highest BCUT2D eigenvalue weighted by atomic mass is 35.5. The summed E-state index contributed by atoms with van der Waals surface area (Å²) in [6.45, 7) is 0.455. The molecule has 38 heavy (non-hydrogen) atoms. The van der Waals surface area contributed by atoms with Crippen molar-refractivity contribution in [2.45, 2.75) is 44.3 Å². The minimum atomic E-state index is -0.266. The Bertz CT molecular complexity index is 1390. The van der Waals surface area contributed by atoms with Crippen LogP contribution >= 0.6 is 11.6 Å². The van der Waals surface area contributed by atoms with Gasteiger partial charge in [-0.25, -0.2) is 14.4 Å². The molecule has 0 spiro atoms. The van der Waals surface area contributed by atoms with E-state index in [-0.39, 0.29) is 23.8 Å². The Morgan fingerprint density at radius 2 is 1.76 bits per heavy atom. The third-order valence-electron chi connectivity index (χ3n) is 6.58. The van der Waals surface area contributed by atoms with E-state index in [1.165, 1.54) is 12.1 Å². The highest BCUT2D eigenvalue weighted by molar-refractivity contribution is 6.33. The van der Waals surface area contributed by atoms with Crippen LogP contribution in [0.2, 0.25) is 5.02 Å². The number of nitrogens with one attached hydrogen (secondary N) is 3. The molecule has 0 radical (unpaired) electrons. The summed E-state index contributed by atoms with van der Waals surface area (Å²) in [5.74, 6) is 1.05. The van der Waals surface area contributed by atoms with E-state index >= 15 is 0 Å². The van der Waals surface area contributed by atoms with Gasteiger partial charge in [0.1, 0.15) is 17.5 Å². The highest BCUT2D eigenvalue weighted by Crippen LogP contribution is 2.30. The number of benzene rings is 1. The van der Waals surface area contributed by atoms with Crippen molar-refractivity contribution in [3.8, 4) is 11.3 Å². The Hall–Kier alpha value is -4.04. The van der Waals surface area contributed by atoms with Gasteiger partial charge in [0.15, 0.2) is 0 Å². The molecule has 3 N–H and O–H groups in total. The maximum atomic E-state index is 13.5. The summed E-state index contributed by atoms with van der Waals surface area (Å²) in [6, 6.07) is 18.0. The van der Waals surface area contributed by atoms with Crippen LogP contribution in [0.3, 0.4) is 0 Å². The molecule has 3 aromatic heterocycles. The molecule has 1 fully saturated rings. The SMILES string of the molecule is O=C(N[C@H]1CC[C@H](Nc2cc(-c3cccc(NCc4cccc(F)c4)n3)c(Cl)cn2)CC1)c1cccnc1. The van der Waals surface area contributed by atoms with Crippen molar-refractivity contribution >= 4 is 29.1 Å². The Balaban J connectivity index is 1.19. The second-order valence-electron chi connectivity index (χ2n) is 9.35. The summed E-state index contributed by atoms with van der Waals surface area (Å²) in [5.41, 5.74) is 2.90. The lowest BCUT2D eigenvalue weighted by molar-refractivity contribution is 0.0926. The first-order valence-corrected chi connectivity index (χ1v) is 13.0. The summed E-state index contributed by atoms with van der Waals surface area (Å²) in [5, 5.41) is 10.4. The fraction of sp³-hybridized carbons (Fsp3) is 0.241. The van der Waals surface area contributed by atoms with E-state index in [0.29, 0.717) is 28.6 Å². The summed E-state index contributed by atoms with van der Waals surface area (Å²) >= 11 is 6.50. The van der Waals surface area contributed by atoms with Crippen molar-refractivity contribution in [2.75, 3.05) is 10.6 Å². The van der Waals surface area contributed by atoms with Crippen molar-refractivity contribution < 1.29 is 9.18 Å². The zero-order valence-corrected chi connectivity index (χ0v) is 21.5. The maximum Gasteiger partial charge on any atom is 0.253 e. The summed E-state index contributed by atoms with van der Waals surface area (Å²) < 4.78 is 13.5. The predicted molar refractivity (Wildman–Crippen MR) is 148 cm³/mol. The van der Waals surface area contributed by atoms with Crippen LogP contribution in [0.15, 0.2) is 79.3 Å². The smallest absolute Gasteiger partial charge is 0.253 e. The maximum absolute atomic E-state index is 13.5. The van der Waals surface area contributed by atoms with Crippen molar-refractivity contribution in [3.63, 3.8) is 0 Å². The highest BCUT2D eigenvalue weighted by Gasteiger charge is 2.23. The number of amides is 1. The standard InChI is InChI=1S/C29H28ClFN6O/c30-25-18-34-28(35-22-9-11-23(12-10-22)36-29(38)20-5-3-13-32-17-20)15-24(25)26-7-2-8-27(37-26)33-16-19-4-1-6-21(31)14-19/h1-8,13-15,17-18,22-23H,9-12,16H2,(H,33,37)(H,34,35)(H,36,38)/t22-,23-. The molecular formula is C29H28ClFN6O. The normalized spacial score (nSPS) is 17.0. The number of nitrogens with zero attached hydrogens (tertiary/aromatic N) is 3. The molecule has 3 heterocycles. The van der Waals surface area contributed by atoms with Crippen LogP contribution in [0.4, 0.5) is 16.0 Å². The average Bonchev–Trinajstić information content (AvgIpc) is 2.95. The first kappa shape index (κ1) is 25.6. The number of pyridine rings is 3. The van der Waals surface area contributed by atoms with Crippen molar-refractivity contribution in [2.24, 2.45) is 0 Å². The van der Waals surface area contributed by atoms with Crippen LogP contribution in [0, 0.1) is 5.82 Å². The third kappa shape index (κ3) is 6.63. The van der Waals surface area contributed by atoms with Gasteiger partial charge in [0.05, 0.1) is 16.3 Å². The molecule has 1 aromatic carbocycles. The molecule has 4 aromatic rings. The van der Waals surface area contributed by atoms with Gasteiger partial charge >= 0.3 is 0 Å². The van der Waals surface area contributed by atoms with E-state index in [0.717, 1.165) is 42.6 Å². The summed E-state index contributed by atoms with van der Waals surface area (Å²) in [7, 11) is 0. The molecule has 1 aliphatic rings. The number of anilines is 2. The third-order valence-corrected chi connectivity index (χ3v) is 6.88. The molecule has 5 rings (SSSR count). The van der Waals surface area contributed by atoms with E-state index in [1.54, 1.807) is 36.8 Å². The van der Waals surface area contributed by atoms with Crippen LogP contribution in [0.5, 0.6) is 0 Å². The number of hydrogen-bond acceptors (Lipinski definition) is 6. The zero-order chi connectivity index (χ0) is 26.3. The van der Waals surface area contributed by atoms with E-state index in [1.807, 2.05) is 30.3 Å². The topological polar surface area (TPSA) is 91.8 Å². The predicted octanol–water partition coefficient (Wildman–Crippen LogP) is 6.10. The summed E-state index contributed by atoms with van der Waals surface area (Å²) in [4.78, 5) is 25.6. The van der Waals surface area contributed by atoms with Crippen molar-refractivity contribution in [1.82, 2.24) is 20.3 Å². The Morgan fingerprint density at radius 1 is 0.947 bits per heavy atom. The number of rotatable bonds is 8. The lowest BCUT2D eigenvalue weighted by atomic mass is 9.91. The quantitative estimate of drug-likeness (QED) is 0.255. The van der Waals surface area contributed by atoms with Crippen LogP contribution in [0.1, 0.15) is 41.6 Å². The molecular weight excluding hydrogens is 503 g/mol. The largest absolute Gasteiger partial charge is 0.367 e. The molecule has 1 saturated carbocycles. The number of halogens is 2. The van der Waals surface area contributed by atoms with Gasteiger partial charge in [-0.1, -0.05) is 29.8 Å². The lowest BCUT2D eigenvalue weighted by Gasteiger charge is -2.30. The van der Waals surface area contributed by atoms with E-state index < -0.39 is 0 Å². The van der Waals surface area contributed by atoms with Gasteiger partial charge in [-0.2, -0.15) is 0 Å². The van der Waals surface area contributed by atoms with Gasteiger partial charge in [-0.3, -0.25) is 9.78 Å². The minimum absolute atomic E-state index is 0.0846. The van der Waals surface area contributed by atoms with Gasteiger partial charge in [-0.15, -0.1) is 0 Å². The molecule has 1 aliphatic carbocycles. The molecule has 9 heteroatoms. The fourth-order valence-corrected chi connectivity index (χ4v) is 4.79. The number of hydrogen-bond donors (Lipinski definition) is 3. The van der Waals surface area contributed by atoms with Crippen LogP contribution < -0.4 is 16.0 Å². The molecule has 0 unspecified atom stereocenters. The molecule has 0 saturated heterocycles. The van der Waals surface area contributed by atoms with Gasteiger partial charge in [0.2, 0.25) is 0 Å². The second kappa shape index (κ2) is 12.0. The van der Waals surface area contributed by atoms with Gasteiger partial charge in [0, 0.05) is 42.8 Å². The monoisotopic (exact) mass is 530 g/mol. The number of carbonyl (C=O) groups is 1. The zero-order valence-electron chi connectivity index (χ0n) is 20.7. The fourth-order valence-electron chi connectivity index (χ4n) is 4.59. The van der Waals surface area contributed by atoms with Gasteiger partial charge in [-0.05, 0) is 73.7 Å². The minimum Gasteiger partial charge on any atom is -0.367 e. The molecule has 0 bridgehead atoms. The Labute approximate surface area is 225 Å².